The van der Waals surface area contributed by atoms with Crippen molar-refractivity contribution in [2.75, 3.05) is 0 Å². The van der Waals surface area contributed by atoms with E-state index in [1.165, 1.54) is 30.4 Å². The lowest BCUT2D eigenvalue weighted by atomic mass is 9.66. The zero-order valence-electron chi connectivity index (χ0n) is 15.1. The Morgan fingerprint density at radius 2 is 1.52 bits per heavy atom. The molecule has 1 fully saturated rings. The first kappa shape index (κ1) is 16.1. The first-order valence-corrected chi connectivity index (χ1v) is 9.29. The van der Waals surface area contributed by atoms with E-state index in [9.17, 15) is 0 Å². The number of imidazole rings is 1. The van der Waals surface area contributed by atoms with Gasteiger partial charge in [0.25, 0.3) is 0 Å². The first-order valence-electron chi connectivity index (χ1n) is 9.29. The number of hydrogen-bond donors (Lipinski definition) is 0. The molecule has 1 heterocycles. The van der Waals surface area contributed by atoms with Gasteiger partial charge in [0.15, 0.2) is 0 Å². The zero-order valence-corrected chi connectivity index (χ0v) is 15.1. The van der Waals surface area contributed by atoms with E-state index < -0.39 is 0 Å². The van der Waals surface area contributed by atoms with Crippen LogP contribution in [-0.4, -0.2) is 9.55 Å². The lowest BCUT2D eigenvalue weighted by molar-refractivity contribution is 0.339. The standard InChI is InChI=1S/C23H26N2/c1-18-16-25(17-24-18)22-14-13-21(15-22)23(2,19-9-5-3-6-10-19)20-11-7-4-8-12-20/h3-12,16-17,21-22H,13-15H2,1-2H3/t21?,22-/m0/s1. The van der Waals surface area contributed by atoms with E-state index in [4.69, 9.17) is 0 Å². The smallest absolute Gasteiger partial charge is 0.0951 e. The van der Waals surface area contributed by atoms with Crippen LogP contribution in [0, 0.1) is 12.8 Å². The van der Waals surface area contributed by atoms with Crippen LogP contribution in [-0.2, 0) is 5.41 Å². The average molecular weight is 330 g/mol. The van der Waals surface area contributed by atoms with Gasteiger partial charge in [0.05, 0.1) is 12.0 Å². The van der Waals surface area contributed by atoms with E-state index in [2.05, 4.69) is 90.3 Å². The molecule has 1 aliphatic carbocycles. The maximum atomic E-state index is 4.43. The molecule has 2 nitrogen and oxygen atoms in total. The van der Waals surface area contributed by atoms with E-state index in [-0.39, 0.29) is 5.41 Å². The van der Waals surface area contributed by atoms with Crippen LogP contribution < -0.4 is 0 Å². The molecule has 25 heavy (non-hydrogen) atoms. The van der Waals surface area contributed by atoms with Crippen molar-refractivity contribution in [3.8, 4) is 0 Å². The third-order valence-electron chi connectivity index (χ3n) is 6.12. The average Bonchev–Trinajstić information content (AvgIpc) is 3.32. The number of nitrogens with zero attached hydrogens (tertiary/aromatic N) is 2. The summed E-state index contributed by atoms with van der Waals surface area (Å²) >= 11 is 0. The summed E-state index contributed by atoms with van der Waals surface area (Å²) in [5.41, 5.74) is 4.01. The van der Waals surface area contributed by atoms with Crippen LogP contribution in [0.3, 0.4) is 0 Å². The summed E-state index contributed by atoms with van der Waals surface area (Å²) in [7, 11) is 0. The van der Waals surface area contributed by atoms with Crippen molar-refractivity contribution in [2.45, 2.75) is 44.6 Å². The summed E-state index contributed by atoms with van der Waals surface area (Å²) in [5.74, 6) is 0.630. The Balaban J connectivity index is 1.70. The second kappa shape index (κ2) is 6.51. The van der Waals surface area contributed by atoms with Gasteiger partial charge >= 0.3 is 0 Å². The van der Waals surface area contributed by atoms with Gasteiger partial charge in [0, 0.05) is 17.7 Å². The molecular weight excluding hydrogens is 304 g/mol. The van der Waals surface area contributed by atoms with E-state index in [0.29, 0.717) is 12.0 Å². The maximum Gasteiger partial charge on any atom is 0.0951 e. The van der Waals surface area contributed by atoms with Crippen molar-refractivity contribution in [3.63, 3.8) is 0 Å². The Labute approximate surface area is 150 Å². The monoisotopic (exact) mass is 330 g/mol. The molecule has 1 aromatic heterocycles. The molecule has 128 valence electrons. The number of aromatic nitrogens is 2. The predicted octanol–water partition coefficient (Wildman–Crippen LogP) is 5.54. The maximum absolute atomic E-state index is 4.43. The fraction of sp³-hybridized carbons (Fsp3) is 0.348. The van der Waals surface area contributed by atoms with Gasteiger partial charge in [0.1, 0.15) is 0 Å². The molecule has 1 saturated carbocycles. The normalized spacial score (nSPS) is 20.7. The van der Waals surface area contributed by atoms with E-state index >= 15 is 0 Å². The molecule has 2 aromatic carbocycles. The minimum Gasteiger partial charge on any atom is -0.334 e. The minimum absolute atomic E-state index is 0.0485. The van der Waals surface area contributed by atoms with Crippen LogP contribution in [0.5, 0.6) is 0 Å². The highest BCUT2D eigenvalue weighted by Crippen LogP contribution is 2.49. The molecule has 0 N–H and O–H groups in total. The fourth-order valence-corrected chi connectivity index (χ4v) is 4.60. The van der Waals surface area contributed by atoms with Gasteiger partial charge < -0.3 is 4.57 Å². The molecule has 0 bridgehead atoms. The quantitative estimate of drug-likeness (QED) is 0.614. The number of hydrogen-bond acceptors (Lipinski definition) is 1. The van der Waals surface area contributed by atoms with Crippen molar-refractivity contribution in [2.24, 2.45) is 5.92 Å². The van der Waals surface area contributed by atoms with E-state index in [1.807, 2.05) is 6.33 Å². The van der Waals surface area contributed by atoms with Gasteiger partial charge in [-0.05, 0) is 43.2 Å². The molecular formula is C23H26N2. The van der Waals surface area contributed by atoms with Crippen molar-refractivity contribution >= 4 is 0 Å². The van der Waals surface area contributed by atoms with E-state index in [0.717, 1.165) is 5.69 Å². The molecule has 3 aromatic rings. The SMILES string of the molecule is Cc1cn([C@H]2CCC(C(C)(c3ccccc3)c3ccccc3)C2)cn1. The molecule has 0 spiro atoms. The summed E-state index contributed by atoms with van der Waals surface area (Å²) in [6, 6.07) is 22.6. The third kappa shape index (κ3) is 2.90. The fourth-order valence-electron chi connectivity index (χ4n) is 4.60. The molecule has 0 aliphatic heterocycles. The van der Waals surface area contributed by atoms with Crippen LogP contribution >= 0.6 is 0 Å². The summed E-state index contributed by atoms with van der Waals surface area (Å²) in [5, 5.41) is 0. The summed E-state index contributed by atoms with van der Waals surface area (Å²) in [4.78, 5) is 4.43. The largest absolute Gasteiger partial charge is 0.334 e. The Morgan fingerprint density at radius 3 is 2.04 bits per heavy atom. The first-order chi connectivity index (χ1) is 12.2. The number of benzene rings is 2. The highest BCUT2D eigenvalue weighted by Gasteiger charge is 2.42. The molecule has 2 atom stereocenters. The molecule has 4 rings (SSSR count). The summed E-state index contributed by atoms with van der Waals surface area (Å²) in [6.45, 7) is 4.50. The van der Waals surface area contributed by atoms with E-state index in [1.54, 1.807) is 0 Å². The van der Waals surface area contributed by atoms with Gasteiger partial charge in [-0.15, -0.1) is 0 Å². The van der Waals surface area contributed by atoms with Crippen molar-refractivity contribution in [1.82, 2.24) is 9.55 Å². The highest BCUT2D eigenvalue weighted by atomic mass is 15.1. The Hall–Kier alpha value is -2.35. The Bertz CT molecular complexity index is 780. The molecule has 2 heteroatoms. The topological polar surface area (TPSA) is 17.8 Å². The van der Waals surface area contributed by atoms with Crippen LogP contribution in [0.2, 0.25) is 0 Å². The summed E-state index contributed by atoms with van der Waals surface area (Å²) < 4.78 is 2.33. The Kier molecular flexibility index (Phi) is 4.20. The van der Waals surface area contributed by atoms with Crippen LogP contribution in [0.25, 0.3) is 0 Å². The van der Waals surface area contributed by atoms with Crippen LogP contribution in [0.15, 0.2) is 73.2 Å². The minimum atomic E-state index is 0.0485. The van der Waals surface area contributed by atoms with Gasteiger partial charge in [-0.2, -0.15) is 0 Å². The van der Waals surface area contributed by atoms with Crippen molar-refractivity contribution in [1.29, 1.82) is 0 Å². The van der Waals surface area contributed by atoms with Crippen molar-refractivity contribution < 1.29 is 0 Å². The van der Waals surface area contributed by atoms with Gasteiger partial charge in [-0.1, -0.05) is 67.6 Å². The van der Waals surface area contributed by atoms with Crippen LogP contribution in [0.4, 0.5) is 0 Å². The van der Waals surface area contributed by atoms with Crippen LogP contribution in [0.1, 0.15) is 49.0 Å². The Morgan fingerprint density at radius 1 is 0.920 bits per heavy atom. The molecule has 0 radical (unpaired) electrons. The zero-order chi connectivity index (χ0) is 17.3. The second-order valence-corrected chi connectivity index (χ2v) is 7.56. The van der Waals surface area contributed by atoms with Crippen molar-refractivity contribution in [3.05, 3.63) is 90.0 Å². The molecule has 1 aliphatic rings. The molecule has 0 saturated heterocycles. The number of aryl methyl sites for hydroxylation is 1. The third-order valence-corrected chi connectivity index (χ3v) is 6.12. The predicted molar refractivity (Wildman–Crippen MR) is 103 cm³/mol. The van der Waals surface area contributed by atoms with Gasteiger partial charge in [0.2, 0.25) is 0 Å². The lowest BCUT2D eigenvalue weighted by Crippen LogP contribution is -2.32. The highest BCUT2D eigenvalue weighted by molar-refractivity contribution is 5.39. The van der Waals surface area contributed by atoms with Gasteiger partial charge in [-0.25, -0.2) is 4.98 Å². The molecule has 0 amide bonds. The van der Waals surface area contributed by atoms with Gasteiger partial charge in [-0.3, -0.25) is 0 Å². The lowest BCUT2D eigenvalue weighted by Gasteiger charge is -2.37. The summed E-state index contributed by atoms with van der Waals surface area (Å²) in [6.07, 6.45) is 7.88. The number of rotatable bonds is 4. The molecule has 1 unspecified atom stereocenters. The second-order valence-electron chi connectivity index (χ2n) is 7.56.